The zero-order valence-corrected chi connectivity index (χ0v) is 23.3. The number of aryl methyl sites for hydroxylation is 1. The molecule has 0 saturated heterocycles. The summed E-state index contributed by atoms with van der Waals surface area (Å²) in [5, 5.41) is 2.98. The Kier molecular flexibility index (Phi) is 8.81. The molecule has 0 unspecified atom stereocenters. The highest BCUT2D eigenvalue weighted by Gasteiger charge is 2.17. The number of nitrogens with one attached hydrogen (secondary N) is 2. The van der Waals surface area contributed by atoms with Gasteiger partial charge in [-0.05, 0) is 53.8 Å². The van der Waals surface area contributed by atoms with Gasteiger partial charge in [0.1, 0.15) is 5.82 Å². The fraction of sp³-hybridized carbons (Fsp3) is 0.300. The van der Waals surface area contributed by atoms with Crippen molar-refractivity contribution in [2.24, 2.45) is 0 Å². The number of unbranched alkanes of at least 4 members (excludes halogenated alkanes) is 1. The van der Waals surface area contributed by atoms with Gasteiger partial charge in [0.15, 0.2) is 0 Å². The van der Waals surface area contributed by atoms with Crippen LogP contribution in [0.5, 0.6) is 0 Å². The lowest BCUT2D eigenvalue weighted by Crippen LogP contribution is -2.29. The number of imidazole rings is 1. The second-order valence-electron chi connectivity index (χ2n) is 9.67. The van der Waals surface area contributed by atoms with E-state index in [0.29, 0.717) is 18.5 Å². The van der Waals surface area contributed by atoms with Crippen LogP contribution in [0.15, 0.2) is 66.7 Å². The van der Waals surface area contributed by atoms with Gasteiger partial charge in [0.25, 0.3) is 5.91 Å². The van der Waals surface area contributed by atoms with Gasteiger partial charge in [-0.3, -0.25) is 9.59 Å². The molecule has 0 aliphatic rings. The van der Waals surface area contributed by atoms with E-state index in [1.165, 1.54) is 0 Å². The average Bonchev–Trinajstić information content (AvgIpc) is 3.23. The van der Waals surface area contributed by atoms with Crippen molar-refractivity contribution in [2.75, 3.05) is 11.6 Å². The molecule has 4 aromatic rings. The molecule has 39 heavy (non-hydrogen) atoms. The molecule has 2 amide bonds. The van der Waals surface area contributed by atoms with Crippen molar-refractivity contribution < 1.29 is 18.0 Å². The highest BCUT2D eigenvalue weighted by Crippen LogP contribution is 2.27. The lowest BCUT2D eigenvalue weighted by molar-refractivity contribution is -0.116. The fourth-order valence-electron chi connectivity index (χ4n) is 4.53. The van der Waals surface area contributed by atoms with Crippen LogP contribution in [-0.4, -0.2) is 36.0 Å². The second kappa shape index (κ2) is 12.3. The van der Waals surface area contributed by atoms with E-state index in [2.05, 4.69) is 16.8 Å². The third-order valence-corrected chi connectivity index (χ3v) is 6.95. The molecule has 1 heterocycles. The Morgan fingerprint density at radius 1 is 0.949 bits per heavy atom. The van der Waals surface area contributed by atoms with Gasteiger partial charge in [-0.2, -0.15) is 0 Å². The standard InChI is InChI=1S/C30H34N4O4S/c1-4-6-12-28-32-26-18-17-23(31-29(35)9-5-2)19-27(26)34(28)20-21-13-15-22(16-14-21)24-10-7-8-11-25(24)30(36)33-39(3,37)38/h7-8,10-11,13-19H,4-6,9,12,20H2,1-3H3,(H,31,35)(H,33,36). The molecule has 0 fully saturated rings. The molecule has 0 bridgehead atoms. The minimum Gasteiger partial charge on any atom is -0.326 e. The van der Waals surface area contributed by atoms with Crippen LogP contribution in [0.3, 0.4) is 0 Å². The fourth-order valence-corrected chi connectivity index (χ4v) is 4.98. The van der Waals surface area contributed by atoms with Crippen LogP contribution >= 0.6 is 0 Å². The summed E-state index contributed by atoms with van der Waals surface area (Å²) in [6.07, 6.45) is 5.15. The number of amides is 2. The average molecular weight is 547 g/mol. The molecule has 9 heteroatoms. The molecule has 204 valence electrons. The highest BCUT2D eigenvalue weighted by molar-refractivity contribution is 7.89. The van der Waals surface area contributed by atoms with Gasteiger partial charge in [-0.1, -0.05) is 62.7 Å². The van der Waals surface area contributed by atoms with E-state index >= 15 is 0 Å². The first-order chi connectivity index (χ1) is 18.7. The molecule has 0 spiro atoms. The SMILES string of the molecule is CCCCc1nc2ccc(NC(=O)CCC)cc2n1Cc1ccc(-c2ccccc2C(=O)NS(C)(=O)=O)cc1. The number of nitrogens with zero attached hydrogens (tertiary/aromatic N) is 2. The van der Waals surface area contributed by atoms with Crippen molar-refractivity contribution in [3.05, 3.63) is 83.7 Å². The first-order valence-corrected chi connectivity index (χ1v) is 15.1. The number of hydrogen-bond acceptors (Lipinski definition) is 5. The predicted octanol–water partition coefficient (Wildman–Crippen LogP) is 5.52. The molecule has 0 radical (unpaired) electrons. The van der Waals surface area contributed by atoms with Crippen LogP contribution in [0.2, 0.25) is 0 Å². The third kappa shape index (κ3) is 7.11. The van der Waals surface area contributed by atoms with Crippen molar-refractivity contribution in [1.82, 2.24) is 14.3 Å². The Morgan fingerprint density at radius 3 is 2.38 bits per heavy atom. The molecule has 0 atom stereocenters. The lowest BCUT2D eigenvalue weighted by Gasteiger charge is -2.12. The molecule has 0 saturated carbocycles. The summed E-state index contributed by atoms with van der Waals surface area (Å²) in [7, 11) is -3.68. The van der Waals surface area contributed by atoms with Crippen LogP contribution in [0.1, 0.15) is 61.3 Å². The van der Waals surface area contributed by atoms with E-state index in [-0.39, 0.29) is 11.5 Å². The van der Waals surface area contributed by atoms with E-state index in [4.69, 9.17) is 4.98 Å². The number of carbonyl (C=O) groups is 2. The number of rotatable bonds is 11. The quantitative estimate of drug-likeness (QED) is 0.257. The third-order valence-electron chi connectivity index (χ3n) is 6.40. The topological polar surface area (TPSA) is 110 Å². The summed E-state index contributed by atoms with van der Waals surface area (Å²) in [5.74, 6) is 0.329. The Hall–Kier alpha value is -3.98. The number of fused-ring (bicyclic) bond motifs is 1. The maximum absolute atomic E-state index is 12.6. The van der Waals surface area contributed by atoms with Crippen molar-refractivity contribution in [3.8, 4) is 11.1 Å². The molecule has 1 aromatic heterocycles. The molecule has 3 aromatic carbocycles. The molecule has 2 N–H and O–H groups in total. The summed E-state index contributed by atoms with van der Waals surface area (Å²) < 4.78 is 27.4. The normalized spacial score (nSPS) is 11.5. The van der Waals surface area contributed by atoms with Gasteiger partial charge in [-0.15, -0.1) is 0 Å². The Morgan fingerprint density at radius 2 is 1.69 bits per heavy atom. The molecule has 0 aliphatic carbocycles. The first kappa shape index (κ1) is 28.0. The molecular weight excluding hydrogens is 512 g/mol. The number of hydrogen-bond donors (Lipinski definition) is 2. The van der Waals surface area contributed by atoms with Gasteiger partial charge in [0.05, 0.1) is 17.3 Å². The van der Waals surface area contributed by atoms with Crippen molar-refractivity contribution >= 4 is 38.6 Å². The van der Waals surface area contributed by atoms with Gasteiger partial charge in [-0.25, -0.2) is 18.1 Å². The van der Waals surface area contributed by atoms with Crippen LogP contribution < -0.4 is 10.0 Å². The minimum absolute atomic E-state index is 0.00444. The predicted molar refractivity (Wildman–Crippen MR) is 155 cm³/mol. The maximum Gasteiger partial charge on any atom is 0.265 e. The van der Waals surface area contributed by atoms with Gasteiger partial charge in [0.2, 0.25) is 15.9 Å². The summed E-state index contributed by atoms with van der Waals surface area (Å²) in [5.41, 5.74) is 5.39. The maximum atomic E-state index is 12.6. The Bertz CT molecular complexity index is 1590. The highest BCUT2D eigenvalue weighted by atomic mass is 32.2. The summed E-state index contributed by atoms with van der Waals surface area (Å²) >= 11 is 0. The van der Waals surface area contributed by atoms with Crippen molar-refractivity contribution in [1.29, 1.82) is 0 Å². The van der Waals surface area contributed by atoms with E-state index in [9.17, 15) is 18.0 Å². The zero-order valence-electron chi connectivity index (χ0n) is 22.5. The van der Waals surface area contributed by atoms with E-state index in [0.717, 1.165) is 65.6 Å². The second-order valence-corrected chi connectivity index (χ2v) is 11.4. The Labute approximate surface area is 229 Å². The summed E-state index contributed by atoms with van der Waals surface area (Å²) in [6, 6.07) is 20.6. The molecular formula is C30H34N4O4S. The van der Waals surface area contributed by atoms with Gasteiger partial charge < -0.3 is 9.88 Å². The Balaban J connectivity index is 1.65. The summed E-state index contributed by atoms with van der Waals surface area (Å²) in [4.78, 5) is 29.6. The monoisotopic (exact) mass is 546 g/mol. The number of benzene rings is 3. The van der Waals surface area contributed by atoms with Gasteiger partial charge >= 0.3 is 0 Å². The number of carbonyl (C=O) groups excluding carboxylic acids is 2. The number of sulfonamides is 1. The van der Waals surface area contributed by atoms with Crippen molar-refractivity contribution in [2.45, 2.75) is 52.5 Å². The van der Waals surface area contributed by atoms with Crippen LogP contribution in [0.4, 0.5) is 5.69 Å². The van der Waals surface area contributed by atoms with E-state index in [1.807, 2.05) is 60.2 Å². The number of anilines is 1. The molecule has 0 aliphatic heterocycles. The van der Waals surface area contributed by atoms with E-state index < -0.39 is 15.9 Å². The van der Waals surface area contributed by atoms with Crippen molar-refractivity contribution in [3.63, 3.8) is 0 Å². The largest absolute Gasteiger partial charge is 0.326 e. The van der Waals surface area contributed by atoms with Gasteiger partial charge in [0, 0.05) is 30.6 Å². The van der Waals surface area contributed by atoms with E-state index in [1.54, 1.807) is 18.2 Å². The smallest absolute Gasteiger partial charge is 0.265 e. The summed E-state index contributed by atoms with van der Waals surface area (Å²) in [6.45, 7) is 4.73. The number of aromatic nitrogens is 2. The van der Waals surface area contributed by atoms with Crippen LogP contribution in [0.25, 0.3) is 22.2 Å². The molecule has 8 nitrogen and oxygen atoms in total. The zero-order chi connectivity index (χ0) is 28.0. The van der Waals surface area contributed by atoms with Crippen LogP contribution in [0, 0.1) is 0 Å². The van der Waals surface area contributed by atoms with Crippen LogP contribution in [-0.2, 0) is 27.8 Å². The lowest BCUT2D eigenvalue weighted by atomic mass is 9.98. The minimum atomic E-state index is -3.68. The first-order valence-electron chi connectivity index (χ1n) is 13.2. The molecule has 4 rings (SSSR count).